The van der Waals surface area contributed by atoms with Crippen LogP contribution in [0.4, 0.5) is 0 Å². The Balaban J connectivity index is 1.25. The van der Waals surface area contributed by atoms with Gasteiger partial charge in [0.1, 0.15) is 12.2 Å². The van der Waals surface area contributed by atoms with Crippen LogP contribution < -0.4 is 14.8 Å². The molecule has 1 atom stereocenters. The molecule has 0 aliphatic carbocycles. The Bertz CT molecular complexity index is 905. The molecule has 2 aliphatic heterocycles. The lowest BCUT2D eigenvalue weighted by atomic mass is 10.1. The summed E-state index contributed by atoms with van der Waals surface area (Å²) in [7, 11) is 0. The van der Waals surface area contributed by atoms with Crippen molar-refractivity contribution in [1.29, 1.82) is 0 Å². The highest BCUT2D eigenvalue weighted by Gasteiger charge is 2.20. The average Bonchev–Trinajstić information content (AvgIpc) is 3.38. The number of nitrogens with one attached hydrogen (secondary N) is 1. The summed E-state index contributed by atoms with van der Waals surface area (Å²) in [6, 6.07) is 5.92. The molecule has 0 radical (unpaired) electrons. The van der Waals surface area contributed by atoms with Gasteiger partial charge in [-0.25, -0.2) is 9.67 Å². The molecule has 5 rings (SSSR count). The number of benzene rings is 1. The van der Waals surface area contributed by atoms with Crippen molar-refractivity contribution in [2.45, 2.75) is 32.0 Å². The van der Waals surface area contributed by atoms with Gasteiger partial charge in [-0.15, -0.1) is 0 Å². The van der Waals surface area contributed by atoms with E-state index >= 15 is 0 Å². The van der Waals surface area contributed by atoms with Gasteiger partial charge >= 0.3 is 0 Å². The van der Waals surface area contributed by atoms with Crippen LogP contribution in [0, 0.1) is 0 Å². The summed E-state index contributed by atoms with van der Waals surface area (Å²) in [4.78, 5) is 8.69. The largest absolute Gasteiger partial charge is 0.454 e. The van der Waals surface area contributed by atoms with E-state index in [4.69, 9.17) is 14.0 Å². The third kappa shape index (κ3) is 2.72. The normalized spacial score (nSPS) is 18.3. The van der Waals surface area contributed by atoms with Crippen molar-refractivity contribution in [1.82, 2.24) is 30.2 Å². The lowest BCUT2D eigenvalue weighted by Gasteiger charge is -2.22. The number of hydrogen-bond acceptors (Lipinski definition) is 8. The average molecular weight is 340 g/mol. The van der Waals surface area contributed by atoms with Gasteiger partial charge in [-0.2, -0.15) is 10.1 Å². The minimum absolute atomic E-state index is 0.245. The molecule has 9 nitrogen and oxygen atoms in total. The second kappa shape index (κ2) is 5.85. The molecule has 0 saturated heterocycles. The number of hydrogen-bond donors (Lipinski definition) is 1. The molecule has 0 amide bonds. The summed E-state index contributed by atoms with van der Waals surface area (Å²) in [5.74, 6) is 3.57. The van der Waals surface area contributed by atoms with Crippen molar-refractivity contribution in [3.8, 4) is 22.9 Å². The van der Waals surface area contributed by atoms with Gasteiger partial charge in [0.15, 0.2) is 11.5 Å². The Labute approximate surface area is 143 Å². The first kappa shape index (κ1) is 14.4. The van der Waals surface area contributed by atoms with Crippen LogP contribution in [0.5, 0.6) is 11.5 Å². The Kier molecular flexibility index (Phi) is 3.37. The van der Waals surface area contributed by atoms with E-state index in [0.717, 1.165) is 36.5 Å². The maximum absolute atomic E-state index is 5.38. The lowest BCUT2D eigenvalue weighted by molar-refractivity contribution is 0.174. The Morgan fingerprint density at radius 1 is 1.24 bits per heavy atom. The molecule has 0 bridgehead atoms. The highest BCUT2D eigenvalue weighted by Crippen LogP contribution is 2.35. The van der Waals surface area contributed by atoms with Gasteiger partial charge < -0.3 is 19.3 Å². The van der Waals surface area contributed by atoms with Crippen LogP contribution in [-0.2, 0) is 19.5 Å². The predicted octanol–water partition coefficient (Wildman–Crippen LogP) is 1.16. The zero-order valence-corrected chi connectivity index (χ0v) is 13.4. The van der Waals surface area contributed by atoms with Crippen LogP contribution in [0.15, 0.2) is 29.0 Å². The van der Waals surface area contributed by atoms with Gasteiger partial charge in [-0.05, 0) is 24.6 Å². The first-order valence-electron chi connectivity index (χ1n) is 8.18. The summed E-state index contributed by atoms with van der Waals surface area (Å²) in [6.07, 6.45) is 3.54. The highest BCUT2D eigenvalue weighted by molar-refractivity contribution is 5.61. The van der Waals surface area contributed by atoms with E-state index in [-0.39, 0.29) is 6.79 Å². The van der Waals surface area contributed by atoms with Gasteiger partial charge in [-0.3, -0.25) is 0 Å². The van der Waals surface area contributed by atoms with E-state index in [0.29, 0.717) is 30.1 Å². The summed E-state index contributed by atoms with van der Waals surface area (Å²) < 4.78 is 18.0. The number of ether oxygens (including phenoxy) is 2. The summed E-state index contributed by atoms with van der Waals surface area (Å²) in [5.41, 5.74) is 0.837. The topological polar surface area (TPSA) is 100 Å². The molecule has 0 spiro atoms. The van der Waals surface area contributed by atoms with Crippen LogP contribution in [0.3, 0.4) is 0 Å². The van der Waals surface area contributed by atoms with Crippen LogP contribution in [0.25, 0.3) is 11.4 Å². The van der Waals surface area contributed by atoms with E-state index < -0.39 is 0 Å². The third-order valence-electron chi connectivity index (χ3n) is 4.45. The van der Waals surface area contributed by atoms with Crippen molar-refractivity contribution in [3.63, 3.8) is 0 Å². The molecule has 9 heteroatoms. The number of fused-ring (bicyclic) bond motifs is 2. The quantitative estimate of drug-likeness (QED) is 0.755. The Hall–Kier alpha value is -2.94. The van der Waals surface area contributed by atoms with Crippen molar-refractivity contribution in [2.24, 2.45) is 0 Å². The summed E-state index contributed by atoms with van der Waals surface area (Å²) in [6.45, 7) is 1.57. The molecule has 1 N–H and O–H groups in total. The molecule has 2 aromatic heterocycles. The molecule has 2 aliphatic rings. The maximum atomic E-state index is 5.38. The van der Waals surface area contributed by atoms with Gasteiger partial charge in [0.05, 0.1) is 13.1 Å². The van der Waals surface area contributed by atoms with E-state index in [2.05, 4.69) is 25.5 Å². The van der Waals surface area contributed by atoms with Crippen LogP contribution in [0.2, 0.25) is 0 Å². The number of aryl methyl sites for hydroxylation is 1. The summed E-state index contributed by atoms with van der Waals surface area (Å²) in [5, 5.41) is 11.7. The second-order valence-corrected chi connectivity index (χ2v) is 6.05. The molecule has 4 heterocycles. The third-order valence-corrected chi connectivity index (χ3v) is 4.45. The molecule has 25 heavy (non-hydrogen) atoms. The monoisotopic (exact) mass is 340 g/mol. The number of rotatable bonds is 4. The fourth-order valence-corrected chi connectivity index (χ4v) is 3.12. The van der Waals surface area contributed by atoms with Gasteiger partial charge in [0.25, 0.3) is 0 Å². The lowest BCUT2D eigenvalue weighted by Crippen LogP contribution is -2.37. The van der Waals surface area contributed by atoms with Crippen molar-refractivity contribution >= 4 is 0 Å². The fraction of sp³-hybridized carbons (Fsp3) is 0.375. The molecule has 0 fully saturated rings. The summed E-state index contributed by atoms with van der Waals surface area (Å²) >= 11 is 0. The van der Waals surface area contributed by atoms with Crippen LogP contribution in [0.1, 0.15) is 18.1 Å². The molecular formula is C16H16N6O3. The molecule has 1 aromatic carbocycles. The van der Waals surface area contributed by atoms with E-state index in [1.165, 1.54) is 0 Å². The predicted molar refractivity (Wildman–Crippen MR) is 84.8 cm³/mol. The van der Waals surface area contributed by atoms with Crippen molar-refractivity contribution in [3.05, 3.63) is 36.2 Å². The van der Waals surface area contributed by atoms with Gasteiger partial charge in [-0.1, -0.05) is 5.16 Å². The van der Waals surface area contributed by atoms with E-state index in [1.807, 2.05) is 22.9 Å². The zero-order valence-electron chi connectivity index (χ0n) is 13.4. The molecule has 3 aromatic rings. The Morgan fingerprint density at radius 2 is 2.20 bits per heavy atom. The van der Waals surface area contributed by atoms with Crippen molar-refractivity contribution < 1.29 is 14.0 Å². The first-order chi connectivity index (χ1) is 12.3. The van der Waals surface area contributed by atoms with E-state index in [9.17, 15) is 0 Å². The van der Waals surface area contributed by atoms with E-state index in [1.54, 1.807) is 6.33 Å². The second-order valence-electron chi connectivity index (χ2n) is 6.05. The molecule has 128 valence electrons. The molecule has 0 saturated carbocycles. The van der Waals surface area contributed by atoms with Crippen LogP contribution >= 0.6 is 0 Å². The smallest absolute Gasteiger partial charge is 0.240 e. The fourth-order valence-electron chi connectivity index (χ4n) is 3.12. The highest BCUT2D eigenvalue weighted by atomic mass is 16.7. The first-order valence-corrected chi connectivity index (χ1v) is 8.18. The zero-order chi connectivity index (χ0) is 16.6. The minimum atomic E-state index is 0.245. The number of aromatic nitrogens is 5. The standard InChI is InChI=1S/C16H16N6O3/c1-3-12-13(24-9-23-12)5-10(1)16-20-15(25-21-16)6-17-11-2-4-14-18-8-19-22(14)7-11/h1,3,5,8,11,17H,2,4,6-7,9H2/t11-/m1/s1. The number of nitrogens with zero attached hydrogens (tertiary/aromatic N) is 5. The van der Waals surface area contributed by atoms with Gasteiger partial charge in [0.2, 0.25) is 18.5 Å². The molecular weight excluding hydrogens is 324 g/mol. The SMILES string of the molecule is c1nc2n(n1)C[C@H](NCc1nc(-c3ccc4c(c3)OCO4)no1)CC2. The molecule has 0 unspecified atom stereocenters. The van der Waals surface area contributed by atoms with Gasteiger partial charge in [0, 0.05) is 18.0 Å². The Morgan fingerprint density at radius 3 is 3.20 bits per heavy atom. The minimum Gasteiger partial charge on any atom is -0.454 e. The van der Waals surface area contributed by atoms with Crippen LogP contribution in [-0.4, -0.2) is 37.7 Å². The van der Waals surface area contributed by atoms with Crippen molar-refractivity contribution in [2.75, 3.05) is 6.79 Å². The maximum Gasteiger partial charge on any atom is 0.240 e.